The van der Waals surface area contributed by atoms with Crippen molar-refractivity contribution in [3.05, 3.63) is 23.8 Å². The van der Waals surface area contributed by atoms with Crippen LogP contribution in [0.4, 0.5) is 5.69 Å². The second kappa shape index (κ2) is 3.50. The fourth-order valence-electron chi connectivity index (χ4n) is 1.96. The lowest BCUT2D eigenvalue weighted by Crippen LogP contribution is -2.27. The van der Waals surface area contributed by atoms with Crippen molar-refractivity contribution >= 4 is 5.69 Å². The molecular weight excluding hydrogens is 178 g/mol. The number of nitrogens with zero attached hydrogens (tertiary/aromatic N) is 1. The quantitative estimate of drug-likeness (QED) is 0.734. The summed E-state index contributed by atoms with van der Waals surface area (Å²) in [7, 11) is 3.68. The second-order valence-corrected chi connectivity index (χ2v) is 3.62. The number of para-hydroxylation sites is 1. The molecule has 0 bridgehead atoms. The van der Waals surface area contributed by atoms with Gasteiger partial charge >= 0.3 is 0 Å². The van der Waals surface area contributed by atoms with Crippen LogP contribution in [0.5, 0.6) is 5.75 Å². The van der Waals surface area contributed by atoms with Crippen LogP contribution in [0.1, 0.15) is 18.1 Å². The highest BCUT2D eigenvalue weighted by Crippen LogP contribution is 2.39. The van der Waals surface area contributed by atoms with Crippen LogP contribution in [0.3, 0.4) is 0 Å². The number of fused-ring (bicyclic) bond motifs is 1. The van der Waals surface area contributed by atoms with E-state index in [9.17, 15) is 5.11 Å². The number of hydrogen-bond donors (Lipinski definition) is 1. The Morgan fingerprint density at radius 1 is 1.50 bits per heavy atom. The van der Waals surface area contributed by atoms with Gasteiger partial charge < -0.3 is 14.7 Å². The minimum Gasteiger partial charge on any atom is -0.495 e. The molecule has 0 aromatic heterocycles. The van der Waals surface area contributed by atoms with E-state index < -0.39 is 0 Å². The minimum atomic E-state index is -0.351. The molecule has 76 valence electrons. The molecule has 0 radical (unpaired) electrons. The Labute approximate surface area is 83.9 Å². The summed E-state index contributed by atoms with van der Waals surface area (Å²) in [6, 6.07) is 5.80. The molecule has 1 aromatic rings. The van der Waals surface area contributed by atoms with Gasteiger partial charge in [-0.15, -0.1) is 0 Å². The molecular formula is C11H15NO2. The van der Waals surface area contributed by atoms with Crippen molar-refractivity contribution in [2.24, 2.45) is 0 Å². The van der Waals surface area contributed by atoms with Crippen LogP contribution in [-0.2, 0) is 0 Å². The first-order valence-electron chi connectivity index (χ1n) is 4.80. The number of hydrogen-bond acceptors (Lipinski definition) is 3. The lowest BCUT2D eigenvalue weighted by molar-refractivity contribution is 0.164. The minimum absolute atomic E-state index is 0.351. The molecule has 1 aromatic carbocycles. The van der Waals surface area contributed by atoms with E-state index in [0.29, 0.717) is 0 Å². The molecule has 2 rings (SSSR count). The zero-order valence-corrected chi connectivity index (χ0v) is 8.53. The third-order valence-corrected chi connectivity index (χ3v) is 2.73. The van der Waals surface area contributed by atoms with E-state index in [1.165, 1.54) is 0 Å². The third kappa shape index (κ3) is 1.34. The van der Waals surface area contributed by atoms with E-state index in [1.807, 2.05) is 25.2 Å². The Balaban J connectivity index is 2.54. The van der Waals surface area contributed by atoms with Crippen LogP contribution < -0.4 is 9.64 Å². The maximum atomic E-state index is 9.82. The Morgan fingerprint density at radius 3 is 3.00 bits per heavy atom. The topological polar surface area (TPSA) is 32.7 Å². The molecule has 1 heterocycles. The summed E-state index contributed by atoms with van der Waals surface area (Å²) in [5, 5.41) is 9.82. The van der Waals surface area contributed by atoms with Gasteiger partial charge in [0.05, 0.1) is 18.9 Å². The molecule has 0 saturated heterocycles. The average molecular weight is 193 g/mol. The van der Waals surface area contributed by atoms with E-state index in [0.717, 1.165) is 30.0 Å². The highest BCUT2D eigenvalue weighted by molar-refractivity contribution is 5.65. The van der Waals surface area contributed by atoms with Gasteiger partial charge in [-0.3, -0.25) is 0 Å². The summed E-state index contributed by atoms with van der Waals surface area (Å²) in [5.41, 5.74) is 1.99. The molecule has 0 spiro atoms. The van der Waals surface area contributed by atoms with E-state index in [-0.39, 0.29) is 6.10 Å². The van der Waals surface area contributed by atoms with Gasteiger partial charge in [-0.05, 0) is 12.5 Å². The van der Waals surface area contributed by atoms with Gasteiger partial charge in [0.2, 0.25) is 0 Å². The van der Waals surface area contributed by atoms with Crippen LogP contribution in [0.2, 0.25) is 0 Å². The predicted octanol–water partition coefficient (Wildman–Crippen LogP) is 1.57. The molecule has 0 saturated carbocycles. The van der Waals surface area contributed by atoms with Gasteiger partial charge in [0.15, 0.2) is 0 Å². The van der Waals surface area contributed by atoms with Crippen LogP contribution in [0, 0.1) is 0 Å². The summed E-state index contributed by atoms with van der Waals surface area (Å²) in [6.45, 7) is 0.870. The zero-order chi connectivity index (χ0) is 10.1. The molecule has 1 N–H and O–H groups in total. The van der Waals surface area contributed by atoms with Crippen molar-refractivity contribution in [2.75, 3.05) is 25.6 Å². The third-order valence-electron chi connectivity index (χ3n) is 2.73. The molecule has 1 atom stereocenters. The average Bonchev–Trinajstić information content (AvgIpc) is 2.23. The predicted molar refractivity (Wildman–Crippen MR) is 55.8 cm³/mol. The van der Waals surface area contributed by atoms with Crippen LogP contribution >= 0.6 is 0 Å². The van der Waals surface area contributed by atoms with Crippen LogP contribution in [0.15, 0.2) is 18.2 Å². The summed E-state index contributed by atoms with van der Waals surface area (Å²) in [5.74, 6) is 0.837. The maximum Gasteiger partial charge on any atom is 0.142 e. The number of methoxy groups -OCH3 is 1. The van der Waals surface area contributed by atoms with Crippen molar-refractivity contribution in [3.63, 3.8) is 0 Å². The number of anilines is 1. The molecule has 3 heteroatoms. The van der Waals surface area contributed by atoms with Gasteiger partial charge in [0.1, 0.15) is 5.75 Å². The molecule has 14 heavy (non-hydrogen) atoms. The zero-order valence-electron chi connectivity index (χ0n) is 8.53. The fraction of sp³-hybridized carbons (Fsp3) is 0.455. The number of benzene rings is 1. The molecule has 0 amide bonds. The Kier molecular flexibility index (Phi) is 2.33. The Morgan fingerprint density at radius 2 is 2.29 bits per heavy atom. The van der Waals surface area contributed by atoms with Crippen molar-refractivity contribution in [2.45, 2.75) is 12.5 Å². The largest absolute Gasteiger partial charge is 0.495 e. The SMILES string of the molecule is COc1cccc2c1N(C)CCC2O. The number of aliphatic hydroxyl groups is 1. The molecule has 0 fully saturated rings. The molecule has 1 aliphatic heterocycles. The monoisotopic (exact) mass is 193 g/mol. The normalized spacial score (nSPS) is 20.5. The summed E-state index contributed by atoms with van der Waals surface area (Å²) < 4.78 is 5.28. The maximum absolute atomic E-state index is 9.82. The van der Waals surface area contributed by atoms with Gasteiger partial charge in [0.25, 0.3) is 0 Å². The molecule has 1 unspecified atom stereocenters. The summed E-state index contributed by atoms with van der Waals surface area (Å²) in [6.07, 6.45) is 0.438. The van der Waals surface area contributed by atoms with E-state index in [4.69, 9.17) is 4.74 Å². The number of rotatable bonds is 1. The van der Waals surface area contributed by atoms with Gasteiger partial charge in [-0.2, -0.15) is 0 Å². The first kappa shape index (κ1) is 9.34. The standard InChI is InChI=1S/C11H15NO2/c1-12-7-6-9(13)8-4-3-5-10(14-2)11(8)12/h3-5,9,13H,6-7H2,1-2H3. The van der Waals surface area contributed by atoms with Gasteiger partial charge in [-0.25, -0.2) is 0 Å². The van der Waals surface area contributed by atoms with E-state index in [1.54, 1.807) is 7.11 Å². The van der Waals surface area contributed by atoms with Crippen LogP contribution in [-0.4, -0.2) is 25.8 Å². The molecule has 3 nitrogen and oxygen atoms in total. The number of aliphatic hydroxyl groups excluding tert-OH is 1. The highest BCUT2D eigenvalue weighted by Gasteiger charge is 2.23. The first-order chi connectivity index (χ1) is 6.74. The number of ether oxygens (including phenoxy) is 1. The lowest BCUT2D eigenvalue weighted by atomic mass is 9.99. The Bertz CT molecular complexity index is 338. The van der Waals surface area contributed by atoms with E-state index >= 15 is 0 Å². The molecule has 0 aliphatic carbocycles. The van der Waals surface area contributed by atoms with Crippen molar-refractivity contribution in [3.8, 4) is 5.75 Å². The summed E-state index contributed by atoms with van der Waals surface area (Å²) >= 11 is 0. The Hall–Kier alpha value is -1.22. The van der Waals surface area contributed by atoms with Gasteiger partial charge in [0, 0.05) is 19.2 Å². The summed E-state index contributed by atoms with van der Waals surface area (Å²) in [4.78, 5) is 2.13. The van der Waals surface area contributed by atoms with Crippen LogP contribution in [0.25, 0.3) is 0 Å². The highest BCUT2D eigenvalue weighted by atomic mass is 16.5. The second-order valence-electron chi connectivity index (χ2n) is 3.62. The van der Waals surface area contributed by atoms with Crippen molar-refractivity contribution < 1.29 is 9.84 Å². The van der Waals surface area contributed by atoms with Crippen molar-refractivity contribution in [1.82, 2.24) is 0 Å². The first-order valence-corrected chi connectivity index (χ1v) is 4.80. The van der Waals surface area contributed by atoms with Gasteiger partial charge in [-0.1, -0.05) is 12.1 Å². The van der Waals surface area contributed by atoms with Crippen molar-refractivity contribution in [1.29, 1.82) is 0 Å². The molecule has 1 aliphatic rings. The fourth-order valence-corrected chi connectivity index (χ4v) is 1.96. The van der Waals surface area contributed by atoms with E-state index in [2.05, 4.69) is 4.90 Å². The lowest BCUT2D eigenvalue weighted by Gasteiger charge is -2.31. The smallest absolute Gasteiger partial charge is 0.142 e.